The predicted molar refractivity (Wildman–Crippen MR) is 129 cm³/mol. The van der Waals surface area contributed by atoms with Gasteiger partial charge in [0.2, 0.25) is 11.8 Å². The van der Waals surface area contributed by atoms with E-state index in [1.807, 2.05) is 31.2 Å². The Bertz CT molecular complexity index is 1390. The Morgan fingerprint density at radius 2 is 1.71 bits per heavy atom. The molecule has 1 N–H and O–H groups in total. The van der Waals surface area contributed by atoms with E-state index in [4.69, 9.17) is 11.6 Å². The highest BCUT2D eigenvalue weighted by molar-refractivity contribution is 6.31. The molecule has 176 valence electrons. The van der Waals surface area contributed by atoms with E-state index in [-0.39, 0.29) is 24.2 Å². The van der Waals surface area contributed by atoms with Crippen LogP contribution in [0, 0.1) is 17.7 Å². The molecule has 0 aromatic heterocycles. The van der Waals surface area contributed by atoms with E-state index >= 15 is 0 Å². The zero-order chi connectivity index (χ0) is 24.5. The van der Waals surface area contributed by atoms with E-state index in [1.165, 1.54) is 17.0 Å². The number of imide groups is 1. The van der Waals surface area contributed by atoms with Crippen LogP contribution in [0.25, 0.3) is 0 Å². The highest BCUT2D eigenvalue weighted by Gasteiger charge is 2.71. The first-order valence-electron chi connectivity index (χ1n) is 11.4. The third-order valence-electron chi connectivity index (χ3n) is 7.33. The molecule has 3 aliphatic rings. The summed E-state index contributed by atoms with van der Waals surface area (Å²) in [5.74, 6) is -3.03. The van der Waals surface area contributed by atoms with Gasteiger partial charge in [-0.25, -0.2) is 9.29 Å². The van der Waals surface area contributed by atoms with Gasteiger partial charge >= 0.3 is 0 Å². The number of para-hydroxylation sites is 1. The lowest BCUT2D eigenvalue weighted by atomic mass is 9.76. The second kappa shape index (κ2) is 7.73. The fourth-order valence-electron chi connectivity index (χ4n) is 5.91. The van der Waals surface area contributed by atoms with Gasteiger partial charge < -0.3 is 4.90 Å². The first-order valence-corrected chi connectivity index (χ1v) is 11.8. The van der Waals surface area contributed by atoms with Gasteiger partial charge in [-0.3, -0.25) is 19.7 Å². The predicted octanol–water partition coefficient (Wildman–Crippen LogP) is 4.02. The molecular formula is C27H21ClFN3O3. The number of fused-ring (bicyclic) bond motifs is 4. The number of carbonyl (C=O) groups excluding carboxylic acids is 3. The molecule has 3 aliphatic heterocycles. The summed E-state index contributed by atoms with van der Waals surface area (Å²) in [5, 5.41) is 3.77. The number of anilines is 2. The molecule has 0 radical (unpaired) electrons. The average molecular weight is 490 g/mol. The number of halogens is 2. The standard InChI is InChI=1S/C27H21ClFN3O3/c1-15-22-23(25(34)32(24(22)33)19-6-4-5-17(28)13-19)27(30-15)20-7-2-3-8-21(20)31(26(27)35)14-16-9-11-18(29)12-10-16/h2-13,15,22-23,30H,14H2,1H3. The van der Waals surface area contributed by atoms with Crippen LogP contribution in [0.3, 0.4) is 0 Å². The highest BCUT2D eigenvalue weighted by Crippen LogP contribution is 2.55. The molecule has 3 heterocycles. The minimum atomic E-state index is -1.37. The average Bonchev–Trinajstić information content (AvgIpc) is 3.39. The molecule has 8 heteroatoms. The molecule has 4 atom stereocenters. The number of nitrogens with one attached hydrogen (secondary N) is 1. The van der Waals surface area contributed by atoms with Gasteiger partial charge in [0, 0.05) is 22.3 Å². The number of hydrogen-bond acceptors (Lipinski definition) is 4. The van der Waals surface area contributed by atoms with Gasteiger partial charge in [-0.05, 0) is 48.9 Å². The van der Waals surface area contributed by atoms with Gasteiger partial charge in [0.15, 0.2) is 0 Å². The topological polar surface area (TPSA) is 69.7 Å². The summed E-state index contributed by atoms with van der Waals surface area (Å²) in [7, 11) is 0. The van der Waals surface area contributed by atoms with Crippen LogP contribution in [0.4, 0.5) is 15.8 Å². The largest absolute Gasteiger partial charge is 0.306 e. The molecule has 2 saturated heterocycles. The molecule has 1 spiro atoms. The van der Waals surface area contributed by atoms with E-state index in [9.17, 15) is 18.8 Å². The summed E-state index contributed by atoms with van der Waals surface area (Å²) in [5.41, 5.74) is 1.11. The van der Waals surface area contributed by atoms with Gasteiger partial charge in [-0.15, -0.1) is 0 Å². The third kappa shape index (κ3) is 3.01. The lowest BCUT2D eigenvalue weighted by molar-refractivity contribution is -0.132. The second-order valence-corrected chi connectivity index (χ2v) is 9.71. The van der Waals surface area contributed by atoms with Crippen LogP contribution in [0.15, 0.2) is 72.8 Å². The van der Waals surface area contributed by atoms with Crippen molar-refractivity contribution in [2.75, 3.05) is 9.80 Å². The minimum absolute atomic E-state index is 0.214. The molecule has 3 amide bonds. The van der Waals surface area contributed by atoms with Gasteiger partial charge in [0.25, 0.3) is 5.91 Å². The lowest BCUT2D eigenvalue weighted by Gasteiger charge is -2.30. The molecule has 35 heavy (non-hydrogen) atoms. The van der Waals surface area contributed by atoms with Crippen LogP contribution in [-0.2, 0) is 26.5 Å². The van der Waals surface area contributed by atoms with Crippen molar-refractivity contribution < 1.29 is 18.8 Å². The van der Waals surface area contributed by atoms with E-state index < -0.39 is 29.3 Å². The summed E-state index contributed by atoms with van der Waals surface area (Å²) >= 11 is 6.14. The maximum atomic E-state index is 14.2. The fourth-order valence-corrected chi connectivity index (χ4v) is 6.09. The summed E-state index contributed by atoms with van der Waals surface area (Å²) in [6, 6.07) is 19.5. The van der Waals surface area contributed by atoms with Gasteiger partial charge in [0.1, 0.15) is 11.4 Å². The van der Waals surface area contributed by atoms with Crippen LogP contribution in [0.5, 0.6) is 0 Å². The third-order valence-corrected chi connectivity index (χ3v) is 7.57. The highest BCUT2D eigenvalue weighted by atomic mass is 35.5. The van der Waals surface area contributed by atoms with Crippen molar-refractivity contribution in [2.24, 2.45) is 11.8 Å². The molecule has 0 saturated carbocycles. The molecule has 6 rings (SSSR count). The van der Waals surface area contributed by atoms with Crippen LogP contribution >= 0.6 is 11.6 Å². The van der Waals surface area contributed by atoms with Crippen LogP contribution in [-0.4, -0.2) is 23.8 Å². The molecular weight excluding hydrogens is 469 g/mol. The monoisotopic (exact) mass is 489 g/mol. The zero-order valence-corrected chi connectivity index (χ0v) is 19.5. The van der Waals surface area contributed by atoms with Crippen molar-refractivity contribution >= 4 is 40.7 Å². The van der Waals surface area contributed by atoms with Gasteiger partial charge in [0.05, 0.1) is 24.1 Å². The van der Waals surface area contributed by atoms with E-state index in [2.05, 4.69) is 5.32 Å². The van der Waals surface area contributed by atoms with Crippen molar-refractivity contribution in [3.63, 3.8) is 0 Å². The fraction of sp³-hybridized carbons (Fsp3) is 0.222. The number of benzene rings is 3. The Labute approximate surface area is 206 Å². The second-order valence-electron chi connectivity index (χ2n) is 9.27. The smallest absolute Gasteiger partial charge is 0.253 e. The van der Waals surface area contributed by atoms with Crippen LogP contribution in [0.1, 0.15) is 18.1 Å². The summed E-state index contributed by atoms with van der Waals surface area (Å²) in [6.07, 6.45) is 0. The number of rotatable bonds is 3. The maximum Gasteiger partial charge on any atom is 0.253 e. The van der Waals surface area contributed by atoms with Crippen molar-refractivity contribution in [2.45, 2.75) is 25.0 Å². The van der Waals surface area contributed by atoms with Crippen molar-refractivity contribution in [3.05, 3.63) is 94.8 Å². The van der Waals surface area contributed by atoms with Crippen molar-refractivity contribution in [3.8, 4) is 0 Å². The van der Waals surface area contributed by atoms with Crippen molar-refractivity contribution in [1.29, 1.82) is 0 Å². The SMILES string of the molecule is CC1NC2(C(=O)N(Cc3ccc(F)cc3)c3ccccc32)C2C(=O)N(c3cccc(Cl)c3)C(=O)C12. The minimum Gasteiger partial charge on any atom is -0.306 e. The molecule has 4 unspecified atom stereocenters. The summed E-state index contributed by atoms with van der Waals surface area (Å²) in [4.78, 5) is 44.4. The molecule has 2 fully saturated rings. The molecule has 6 nitrogen and oxygen atoms in total. The van der Waals surface area contributed by atoms with Crippen LogP contribution < -0.4 is 15.1 Å². The number of carbonyl (C=O) groups is 3. The lowest BCUT2D eigenvalue weighted by Crippen LogP contribution is -2.54. The Hall–Kier alpha value is -3.55. The number of hydrogen-bond donors (Lipinski definition) is 1. The Morgan fingerprint density at radius 3 is 2.46 bits per heavy atom. The Balaban J connectivity index is 1.46. The van der Waals surface area contributed by atoms with E-state index in [0.29, 0.717) is 22.0 Å². The van der Waals surface area contributed by atoms with Gasteiger partial charge in [-0.1, -0.05) is 48.0 Å². The number of amides is 3. The molecule has 0 aliphatic carbocycles. The zero-order valence-electron chi connectivity index (χ0n) is 18.7. The first-order chi connectivity index (χ1) is 16.8. The number of nitrogens with zero attached hydrogens (tertiary/aromatic N) is 2. The normalized spacial score (nSPS) is 27.2. The Kier molecular flexibility index (Phi) is 4.85. The summed E-state index contributed by atoms with van der Waals surface area (Å²) < 4.78 is 13.5. The van der Waals surface area contributed by atoms with Gasteiger partial charge in [-0.2, -0.15) is 0 Å². The first kappa shape index (κ1) is 21.9. The maximum absolute atomic E-state index is 14.2. The molecule has 3 aromatic carbocycles. The molecule has 3 aromatic rings. The van der Waals surface area contributed by atoms with E-state index in [0.717, 1.165) is 5.56 Å². The quantitative estimate of drug-likeness (QED) is 0.564. The Morgan fingerprint density at radius 1 is 0.971 bits per heavy atom. The van der Waals surface area contributed by atoms with E-state index in [1.54, 1.807) is 41.3 Å². The molecule has 0 bridgehead atoms. The van der Waals surface area contributed by atoms with Crippen LogP contribution in [0.2, 0.25) is 5.02 Å². The van der Waals surface area contributed by atoms with Crippen molar-refractivity contribution in [1.82, 2.24) is 5.32 Å². The summed E-state index contributed by atoms with van der Waals surface area (Å²) in [6.45, 7) is 2.04.